The number of phenolic OH excluding ortho intramolecular Hbond substituents is 2. The first-order chi connectivity index (χ1) is 12.7. The molecule has 0 aromatic heterocycles. The summed E-state index contributed by atoms with van der Waals surface area (Å²) in [5.41, 5.74) is 2.09. The smallest absolute Gasteiger partial charge is 0.134 e. The Kier molecular flexibility index (Phi) is 10.0. The number of unbranched alkanes of at least 4 members (excludes halogenated alkanes) is 3. The Balaban J connectivity index is 0.000000271. The van der Waals surface area contributed by atoms with Crippen LogP contribution in [0.5, 0.6) is 11.5 Å². The first kappa shape index (κ1) is 23.7. The first-order valence-corrected chi connectivity index (χ1v) is 10.4. The minimum atomic E-state index is 0.0236. The summed E-state index contributed by atoms with van der Waals surface area (Å²) < 4.78 is 0. The molecule has 2 aromatic rings. The predicted molar refractivity (Wildman–Crippen MR) is 117 cm³/mol. The van der Waals surface area contributed by atoms with Crippen molar-refractivity contribution in [2.24, 2.45) is 0 Å². The molecule has 0 saturated heterocycles. The lowest BCUT2D eigenvalue weighted by Gasteiger charge is -2.24. The Bertz CT molecular complexity index is 712. The highest BCUT2D eigenvalue weighted by Gasteiger charge is 2.22. The van der Waals surface area contributed by atoms with Crippen LogP contribution in [0.25, 0.3) is 0 Å². The van der Waals surface area contributed by atoms with Crippen molar-refractivity contribution in [2.45, 2.75) is 71.6 Å². The summed E-state index contributed by atoms with van der Waals surface area (Å²) in [5, 5.41) is 19.8. The van der Waals surface area contributed by atoms with Crippen molar-refractivity contribution in [1.82, 2.24) is 0 Å². The summed E-state index contributed by atoms with van der Waals surface area (Å²) >= 11 is 12.0. The van der Waals surface area contributed by atoms with Crippen LogP contribution in [0.2, 0.25) is 10.0 Å². The quantitative estimate of drug-likeness (QED) is 0.455. The van der Waals surface area contributed by atoms with Crippen molar-refractivity contribution in [1.29, 1.82) is 0 Å². The molecular formula is C23H32Cl2O2. The molecule has 0 aliphatic carbocycles. The van der Waals surface area contributed by atoms with Crippen LogP contribution in [0.3, 0.4) is 0 Å². The topological polar surface area (TPSA) is 40.5 Å². The Labute approximate surface area is 174 Å². The van der Waals surface area contributed by atoms with Gasteiger partial charge in [-0.3, -0.25) is 0 Å². The van der Waals surface area contributed by atoms with E-state index in [-0.39, 0.29) is 16.9 Å². The molecule has 0 spiro atoms. The van der Waals surface area contributed by atoms with Crippen LogP contribution < -0.4 is 0 Å². The molecule has 0 atom stereocenters. The van der Waals surface area contributed by atoms with Gasteiger partial charge in [0.05, 0.1) is 10.0 Å². The van der Waals surface area contributed by atoms with E-state index in [4.69, 9.17) is 23.2 Å². The molecule has 0 heterocycles. The lowest BCUT2D eigenvalue weighted by atomic mass is 9.82. The molecule has 0 saturated carbocycles. The average Bonchev–Trinajstić information content (AvgIpc) is 2.65. The number of hydrogen-bond donors (Lipinski definition) is 2. The van der Waals surface area contributed by atoms with Crippen molar-refractivity contribution in [3.63, 3.8) is 0 Å². The second-order valence-corrected chi connectivity index (χ2v) is 8.19. The van der Waals surface area contributed by atoms with Gasteiger partial charge >= 0.3 is 0 Å². The predicted octanol–water partition coefficient (Wildman–Crippen LogP) is 7.90. The minimum absolute atomic E-state index is 0.0236. The molecule has 0 amide bonds. The number of aromatic hydroxyl groups is 2. The zero-order valence-corrected chi connectivity index (χ0v) is 18.4. The van der Waals surface area contributed by atoms with Gasteiger partial charge < -0.3 is 10.2 Å². The van der Waals surface area contributed by atoms with Gasteiger partial charge in [0.2, 0.25) is 0 Å². The van der Waals surface area contributed by atoms with Gasteiger partial charge in [-0.05, 0) is 47.9 Å². The molecule has 0 fully saturated rings. The Morgan fingerprint density at radius 3 is 2.00 bits per heavy atom. The molecule has 150 valence electrons. The van der Waals surface area contributed by atoms with E-state index in [1.54, 1.807) is 12.1 Å². The van der Waals surface area contributed by atoms with Crippen molar-refractivity contribution < 1.29 is 10.2 Å². The third-order valence-corrected chi connectivity index (χ3v) is 5.78. The molecule has 2 rings (SSSR count). The maximum Gasteiger partial charge on any atom is 0.134 e. The van der Waals surface area contributed by atoms with Crippen LogP contribution in [0.15, 0.2) is 36.4 Å². The maximum absolute atomic E-state index is 9.43. The van der Waals surface area contributed by atoms with Crippen LogP contribution in [0.1, 0.15) is 70.9 Å². The molecule has 0 aliphatic heterocycles. The second kappa shape index (κ2) is 11.5. The van der Waals surface area contributed by atoms with Crippen molar-refractivity contribution >= 4 is 23.2 Å². The first-order valence-electron chi connectivity index (χ1n) is 9.68. The Hall–Kier alpha value is -1.38. The number of rotatable bonds is 7. The van der Waals surface area contributed by atoms with Crippen molar-refractivity contribution in [3.8, 4) is 11.5 Å². The molecular weight excluding hydrogens is 379 g/mol. The lowest BCUT2D eigenvalue weighted by Crippen LogP contribution is -2.15. The highest BCUT2D eigenvalue weighted by atomic mass is 35.5. The Morgan fingerprint density at radius 2 is 1.41 bits per heavy atom. The summed E-state index contributed by atoms with van der Waals surface area (Å²) in [6, 6.07) is 10.8. The van der Waals surface area contributed by atoms with Crippen LogP contribution in [0.4, 0.5) is 0 Å². The third kappa shape index (κ3) is 7.27. The normalized spacial score (nSPS) is 11.0. The largest absolute Gasteiger partial charge is 0.506 e. The van der Waals surface area contributed by atoms with E-state index >= 15 is 0 Å². The highest BCUT2D eigenvalue weighted by molar-refractivity contribution is 6.33. The Morgan fingerprint density at radius 1 is 0.815 bits per heavy atom. The molecule has 4 heteroatoms. The third-order valence-electron chi connectivity index (χ3n) is 4.95. The maximum atomic E-state index is 9.43. The van der Waals surface area contributed by atoms with E-state index < -0.39 is 0 Å². The fourth-order valence-corrected chi connectivity index (χ4v) is 3.34. The van der Waals surface area contributed by atoms with Gasteiger partial charge in [0, 0.05) is 0 Å². The summed E-state index contributed by atoms with van der Waals surface area (Å²) in [4.78, 5) is 0. The zero-order valence-electron chi connectivity index (χ0n) is 16.9. The van der Waals surface area contributed by atoms with E-state index in [1.807, 2.05) is 24.3 Å². The fraction of sp³-hybridized carbons (Fsp3) is 0.478. The molecule has 2 aromatic carbocycles. The molecule has 2 nitrogen and oxygen atoms in total. The minimum Gasteiger partial charge on any atom is -0.506 e. The molecule has 0 radical (unpaired) electrons. The molecule has 0 bridgehead atoms. The van der Waals surface area contributed by atoms with E-state index in [1.165, 1.54) is 19.3 Å². The molecule has 0 unspecified atom stereocenters. The van der Waals surface area contributed by atoms with Crippen LogP contribution in [0, 0.1) is 0 Å². The second-order valence-electron chi connectivity index (χ2n) is 7.44. The van der Waals surface area contributed by atoms with Gasteiger partial charge in [-0.15, -0.1) is 0 Å². The van der Waals surface area contributed by atoms with E-state index in [0.29, 0.717) is 10.0 Å². The monoisotopic (exact) mass is 410 g/mol. The standard InChI is InChI=1S/C12H17ClO.C11H15ClO/c1-2-3-4-5-7-10-8-6-9-11(14)12(10)13;1-4-11(2,3)8-6-5-7-9(13)10(8)12/h6,8-9,14H,2-5,7H2,1H3;5-7,13H,4H2,1-3H3. The van der Waals surface area contributed by atoms with Crippen LogP contribution >= 0.6 is 23.2 Å². The highest BCUT2D eigenvalue weighted by Crippen LogP contribution is 2.36. The number of halogens is 2. The van der Waals surface area contributed by atoms with Gasteiger partial charge in [0.25, 0.3) is 0 Å². The van der Waals surface area contributed by atoms with E-state index in [2.05, 4.69) is 27.7 Å². The number of aryl methyl sites for hydroxylation is 1. The lowest BCUT2D eigenvalue weighted by molar-refractivity contribution is 0.465. The number of hydrogen-bond acceptors (Lipinski definition) is 2. The van der Waals surface area contributed by atoms with Crippen LogP contribution in [-0.4, -0.2) is 10.2 Å². The van der Waals surface area contributed by atoms with Gasteiger partial charge in [-0.25, -0.2) is 0 Å². The molecule has 2 N–H and O–H groups in total. The number of benzene rings is 2. The van der Waals surface area contributed by atoms with Gasteiger partial charge in [-0.2, -0.15) is 0 Å². The van der Waals surface area contributed by atoms with Crippen molar-refractivity contribution in [2.75, 3.05) is 0 Å². The van der Waals surface area contributed by atoms with Gasteiger partial charge in [0.15, 0.2) is 0 Å². The van der Waals surface area contributed by atoms with E-state index in [0.717, 1.165) is 30.4 Å². The van der Waals surface area contributed by atoms with Crippen LogP contribution in [-0.2, 0) is 11.8 Å². The average molecular weight is 411 g/mol. The SMILES string of the molecule is CCC(C)(C)c1cccc(O)c1Cl.CCCCCCc1cccc(O)c1Cl. The summed E-state index contributed by atoms with van der Waals surface area (Å²) in [6.45, 7) is 8.54. The van der Waals surface area contributed by atoms with Gasteiger partial charge in [-0.1, -0.05) is 94.4 Å². The number of phenols is 2. The molecule has 27 heavy (non-hydrogen) atoms. The summed E-state index contributed by atoms with van der Waals surface area (Å²) in [6.07, 6.45) is 6.87. The summed E-state index contributed by atoms with van der Waals surface area (Å²) in [7, 11) is 0. The van der Waals surface area contributed by atoms with Crippen molar-refractivity contribution in [3.05, 3.63) is 57.6 Å². The fourth-order valence-electron chi connectivity index (χ4n) is 2.73. The zero-order chi connectivity index (χ0) is 20.4. The summed E-state index contributed by atoms with van der Waals surface area (Å²) in [5.74, 6) is 0.361. The van der Waals surface area contributed by atoms with Gasteiger partial charge in [0.1, 0.15) is 11.5 Å². The molecule has 0 aliphatic rings. The van der Waals surface area contributed by atoms with E-state index in [9.17, 15) is 10.2 Å².